The standard InChI is InChI=1S/C21H26ClN5O4/c1-6-16(20(29)31-21(2,3)4)26-11-18(30-5)15(10-19(26)28)14-9-13(22)7-8-17(14)27-12-23-24-25-27/h7-12,16,19,28H,6H2,1-5H3. The summed E-state index contributed by atoms with van der Waals surface area (Å²) in [4.78, 5) is 14.3. The van der Waals surface area contributed by atoms with Gasteiger partial charge in [0, 0.05) is 22.4 Å². The van der Waals surface area contributed by atoms with Crippen molar-refractivity contribution in [3.05, 3.63) is 53.1 Å². The van der Waals surface area contributed by atoms with E-state index in [1.165, 1.54) is 23.0 Å². The monoisotopic (exact) mass is 447 g/mol. The molecule has 2 unspecified atom stereocenters. The number of aliphatic hydroxyl groups excluding tert-OH is 1. The summed E-state index contributed by atoms with van der Waals surface area (Å²) in [5.74, 6) is 0.0265. The van der Waals surface area contributed by atoms with E-state index in [0.717, 1.165) is 0 Å². The molecule has 0 fully saturated rings. The number of carbonyl (C=O) groups is 1. The zero-order chi connectivity index (χ0) is 22.8. The summed E-state index contributed by atoms with van der Waals surface area (Å²) >= 11 is 6.25. The second kappa shape index (κ2) is 9.07. The third-order valence-corrected chi connectivity index (χ3v) is 4.88. The summed E-state index contributed by atoms with van der Waals surface area (Å²) in [6, 6.07) is 4.55. The number of nitrogens with zero attached hydrogens (tertiary/aromatic N) is 5. The van der Waals surface area contributed by atoms with E-state index < -0.39 is 23.8 Å². The van der Waals surface area contributed by atoms with Gasteiger partial charge in [0.25, 0.3) is 0 Å². The Bertz CT molecular complexity index is 998. The number of aliphatic hydroxyl groups is 1. The van der Waals surface area contributed by atoms with Gasteiger partial charge in [-0.25, -0.2) is 4.79 Å². The fourth-order valence-corrected chi connectivity index (χ4v) is 3.49. The quantitative estimate of drug-likeness (QED) is 0.674. The first-order valence-corrected chi connectivity index (χ1v) is 10.2. The van der Waals surface area contributed by atoms with Crippen LogP contribution in [0.2, 0.25) is 5.02 Å². The number of methoxy groups -OCH3 is 1. The van der Waals surface area contributed by atoms with Gasteiger partial charge in [0.05, 0.1) is 12.8 Å². The average molecular weight is 448 g/mol. The molecule has 1 aliphatic heterocycles. The van der Waals surface area contributed by atoms with Gasteiger partial charge in [0.1, 0.15) is 30.0 Å². The Morgan fingerprint density at radius 1 is 1.35 bits per heavy atom. The van der Waals surface area contributed by atoms with Crippen LogP contribution in [-0.4, -0.2) is 61.2 Å². The summed E-state index contributed by atoms with van der Waals surface area (Å²) in [6.07, 6.45) is 4.03. The van der Waals surface area contributed by atoms with Crippen molar-refractivity contribution in [2.45, 2.75) is 52.0 Å². The highest BCUT2D eigenvalue weighted by molar-refractivity contribution is 6.30. The van der Waals surface area contributed by atoms with Crippen LogP contribution in [0.25, 0.3) is 11.3 Å². The van der Waals surface area contributed by atoms with E-state index >= 15 is 0 Å². The van der Waals surface area contributed by atoms with Crippen molar-refractivity contribution in [3.63, 3.8) is 0 Å². The van der Waals surface area contributed by atoms with Gasteiger partial charge in [0.15, 0.2) is 0 Å². The molecule has 0 amide bonds. The SMILES string of the molecule is CCC(C(=O)OC(C)(C)C)N1C=C(OC)C(c2cc(Cl)ccc2-n2cnnn2)=CC1O. The van der Waals surface area contributed by atoms with E-state index in [1.54, 1.807) is 51.2 Å². The van der Waals surface area contributed by atoms with E-state index in [4.69, 9.17) is 21.1 Å². The van der Waals surface area contributed by atoms with Crippen LogP contribution in [-0.2, 0) is 14.3 Å². The Balaban J connectivity index is 2.01. The Hall–Kier alpha value is -2.91. The Morgan fingerprint density at radius 3 is 2.68 bits per heavy atom. The number of esters is 1. The molecule has 0 saturated carbocycles. The molecule has 1 aliphatic rings. The fraction of sp³-hybridized carbons (Fsp3) is 0.429. The minimum Gasteiger partial charge on any atom is -0.495 e. The average Bonchev–Trinajstić information content (AvgIpc) is 3.22. The van der Waals surface area contributed by atoms with Crippen molar-refractivity contribution in [1.82, 2.24) is 25.1 Å². The molecule has 0 saturated heterocycles. The third-order valence-electron chi connectivity index (χ3n) is 4.64. The minimum absolute atomic E-state index is 0.422. The number of rotatable bonds is 6. The van der Waals surface area contributed by atoms with Crippen LogP contribution in [0, 0.1) is 0 Å². The van der Waals surface area contributed by atoms with Crippen LogP contribution in [0.3, 0.4) is 0 Å². The summed E-state index contributed by atoms with van der Waals surface area (Å²) in [7, 11) is 1.52. The molecule has 3 rings (SSSR count). The second-order valence-corrected chi connectivity index (χ2v) is 8.45. The first-order valence-electron chi connectivity index (χ1n) is 9.84. The van der Waals surface area contributed by atoms with Gasteiger partial charge in [0.2, 0.25) is 0 Å². The summed E-state index contributed by atoms with van der Waals surface area (Å²) < 4.78 is 12.6. The molecule has 9 nitrogen and oxygen atoms in total. The number of hydrogen-bond acceptors (Lipinski definition) is 8. The lowest BCUT2D eigenvalue weighted by atomic mass is 9.98. The van der Waals surface area contributed by atoms with Gasteiger partial charge in [-0.2, -0.15) is 4.68 Å². The molecular formula is C21H26ClN5O4. The maximum Gasteiger partial charge on any atom is 0.329 e. The number of tetrazole rings is 1. The van der Waals surface area contributed by atoms with Crippen molar-refractivity contribution in [2.24, 2.45) is 0 Å². The van der Waals surface area contributed by atoms with Gasteiger partial charge < -0.3 is 19.5 Å². The molecular weight excluding hydrogens is 422 g/mol. The highest BCUT2D eigenvalue weighted by Crippen LogP contribution is 2.35. The van der Waals surface area contributed by atoms with E-state index in [2.05, 4.69) is 15.5 Å². The van der Waals surface area contributed by atoms with Gasteiger partial charge in [-0.3, -0.25) is 0 Å². The number of benzene rings is 1. The smallest absolute Gasteiger partial charge is 0.329 e. The van der Waals surface area contributed by atoms with Crippen molar-refractivity contribution >= 4 is 23.1 Å². The Kier molecular flexibility index (Phi) is 6.66. The van der Waals surface area contributed by atoms with E-state index in [0.29, 0.717) is 34.0 Å². The molecule has 1 aromatic heterocycles. The normalized spacial score (nSPS) is 17.6. The number of ether oxygens (including phenoxy) is 2. The maximum atomic E-state index is 12.7. The molecule has 10 heteroatoms. The summed E-state index contributed by atoms with van der Waals surface area (Å²) in [5.41, 5.74) is 1.28. The van der Waals surface area contributed by atoms with Crippen LogP contribution < -0.4 is 0 Å². The highest BCUT2D eigenvalue weighted by Gasteiger charge is 2.34. The molecule has 2 atom stereocenters. The molecule has 1 aromatic carbocycles. The lowest BCUT2D eigenvalue weighted by molar-refractivity contribution is -0.163. The predicted octanol–water partition coefficient (Wildman–Crippen LogP) is 2.94. The molecule has 2 aromatic rings. The molecule has 31 heavy (non-hydrogen) atoms. The summed E-state index contributed by atoms with van der Waals surface area (Å²) in [5, 5.41) is 22.7. The first-order chi connectivity index (χ1) is 14.6. The van der Waals surface area contributed by atoms with E-state index in [-0.39, 0.29) is 0 Å². The first kappa shape index (κ1) is 22.8. The number of carbonyl (C=O) groups excluding carboxylic acids is 1. The van der Waals surface area contributed by atoms with Crippen molar-refractivity contribution < 1.29 is 19.4 Å². The van der Waals surface area contributed by atoms with Gasteiger partial charge in [-0.05, 0) is 61.9 Å². The van der Waals surface area contributed by atoms with Crippen LogP contribution in [0.1, 0.15) is 39.7 Å². The third kappa shape index (κ3) is 5.05. The molecule has 0 radical (unpaired) electrons. The second-order valence-electron chi connectivity index (χ2n) is 8.01. The van der Waals surface area contributed by atoms with Gasteiger partial charge in [-0.1, -0.05) is 18.5 Å². The zero-order valence-corrected chi connectivity index (χ0v) is 18.9. The van der Waals surface area contributed by atoms with Gasteiger partial charge >= 0.3 is 5.97 Å². The van der Waals surface area contributed by atoms with E-state index in [1.807, 2.05) is 6.92 Å². The van der Waals surface area contributed by atoms with Crippen molar-refractivity contribution in [1.29, 1.82) is 0 Å². The predicted molar refractivity (Wildman–Crippen MR) is 115 cm³/mol. The number of hydrogen-bond donors (Lipinski definition) is 1. The van der Waals surface area contributed by atoms with Crippen molar-refractivity contribution in [2.75, 3.05) is 7.11 Å². The topological polar surface area (TPSA) is 103 Å². The highest BCUT2D eigenvalue weighted by atomic mass is 35.5. The minimum atomic E-state index is -1.09. The van der Waals surface area contributed by atoms with Crippen molar-refractivity contribution in [3.8, 4) is 5.69 Å². The molecule has 0 spiro atoms. The molecule has 0 aliphatic carbocycles. The van der Waals surface area contributed by atoms with Crippen LogP contribution in [0.5, 0.6) is 0 Å². The van der Waals surface area contributed by atoms with Crippen LogP contribution in [0.15, 0.2) is 42.6 Å². The van der Waals surface area contributed by atoms with Crippen LogP contribution in [0.4, 0.5) is 0 Å². The number of halogens is 1. The summed E-state index contributed by atoms with van der Waals surface area (Å²) in [6.45, 7) is 7.27. The lowest BCUT2D eigenvalue weighted by Crippen LogP contribution is -2.47. The Morgan fingerprint density at radius 2 is 2.10 bits per heavy atom. The van der Waals surface area contributed by atoms with Crippen LogP contribution >= 0.6 is 11.6 Å². The molecule has 1 N–H and O–H groups in total. The van der Waals surface area contributed by atoms with E-state index in [9.17, 15) is 9.90 Å². The largest absolute Gasteiger partial charge is 0.495 e. The molecule has 0 bridgehead atoms. The number of allylic oxidation sites excluding steroid dienone is 1. The maximum absolute atomic E-state index is 12.7. The Labute approximate surface area is 185 Å². The fourth-order valence-electron chi connectivity index (χ4n) is 3.32. The number of aromatic nitrogens is 4. The zero-order valence-electron chi connectivity index (χ0n) is 18.1. The molecule has 166 valence electrons. The lowest BCUT2D eigenvalue weighted by Gasteiger charge is -2.36. The molecule has 2 heterocycles. The van der Waals surface area contributed by atoms with Gasteiger partial charge in [-0.15, -0.1) is 5.10 Å².